The molecule has 0 aliphatic carbocycles. The maximum atomic E-state index is 13.2. The van der Waals surface area contributed by atoms with Crippen LogP contribution in [0.4, 0.5) is 0 Å². The predicted molar refractivity (Wildman–Crippen MR) is 152 cm³/mol. The lowest BCUT2D eigenvalue weighted by molar-refractivity contribution is -0.133. The molecule has 2 aliphatic heterocycles. The van der Waals surface area contributed by atoms with E-state index in [9.17, 15) is 14.4 Å². The van der Waals surface area contributed by atoms with E-state index in [-0.39, 0.29) is 17.7 Å². The predicted octanol–water partition coefficient (Wildman–Crippen LogP) is 4.70. The van der Waals surface area contributed by atoms with Crippen LogP contribution in [0.25, 0.3) is 0 Å². The fourth-order valence-corrected chi connectivity index (χ4v) is 5.49. The molecule has 2 aromatic carbocycles. The smallest absolute Gasteiger partial charge is 0.242 e. The summed E-state index contributed by atoms with van der Waals surface area (Å²) in [5, 5.41) is 6.03. The molecule has 4 rings (SSSR count). The number of carbonyl (C=O) groups excluding carboxylic acids is 3. The van der Waals surface area contributed by atoms with Crippen molar-refractivity contribution in [3.8, 4) is 5.75 Å². The topological polar surface area (TPSA) is 87.7 Å². The van der Waals surface area contributed by atoms with Crippen LogP contribution in [0.2, 0.25) is 0 Å². The van der Waals surface area contributed by atoms with Gasteiger partial charge in [-0.2, -0.15) is 0 Å². The summed E-state index contributed by atoms with van der Waals surface area (Å²) < 4.78 is 6.09. The number of piperidine rings is 1. The highest BCUT2D eigenvalue weighted by Crippen LogP contribution is 2.23. The Balaban J connectivity index is 1.44. The molecule has 0 radical (unpaired) electrons. The average molecular weight is 534 g/mol. The molecule has 1 unspecified atom stereocenters. The number of carbonyl (C=O) groups is 3. The van der Waals surface area contributed by atoms with E-state index in [2.05, 4.69) is 10.6 Å². The van der Waals surface area contributed by atoms with Crippen molar-refractivity contribution < 1.29 is 19.1 Å². The van der Waals surface area contributed by atoms with E-state index in [4.69, 9.17) is 4.74 Å². The molecule has 2 N–H and O–H groups in total. The Morgan fingerprint density at radius 2 is 1.77 bits per heavy atom. The lowest BCUT2D eigenvalue weighted by Gasteiger charge is -2.33. The molecule has 0 aromatic heterocycles. The second-order valence-corrected chi connectivity index (χ2v) is 11.0. The molecule has 7 heteroatoms. The van der Waals surface area contributed by atoms with Crippen molar-refractivity contribution in [2.75, 3.05) is 19.7 Å². The molecule has 2 atom stereocenters. The van der Waals surface area contributed by atoms with Crippen LogP contribution in [0.15, 0.2) is 48.5 Å². The molecule has 1 fully saturated rings. The zero-order valence-electron chi connectivity index (χ0n) is 23.3. The van der Waals surface area contributed by atoms with Crippen LogP contribution < -0.4 is 15.4 Å². The summed E-state index contributed by atoms with van der Waals surface area (Å²) in [6.45, 7) is 4.65. The number of fused-ring (bicyclic) bond motifs is 4. The van der Waals surface area contributed by atoms with E-state index in [1.54, 1.807) is 0 Å². The lowest BCUT2D eigenvalue weighted by atomic mass is 9.94. The maximum absolute atomic E-state index is 13.2. The van der Waals surface area contributed by atoms with E-state index >= 15 is 0 Å². The van der Waals surface area contributed by atoms with Gasteiger partial charge in [-0.25, -0.2) is 0 Å². The highest BCUT2D eigenvalue weighted by molar-refractivity contribution is 5.87. The normalized spacial score (nSPS) is 22.2. The fraction of sp³-hybridized carbons (Fsp3) is 0.531. The van der Waals surface area contributed by atoms with Gasteiger partial charge in [-0.3, -0.25) is 14.4 Å². The van der Waals surface area contributed by atoms with Crippen molar-refractivity contribution in [2.24, 2.45) is 5.92 Å². The van der Waals surface area contributed by atoms with Crippen LogP contribution >= 0.6 is 0 Å². The standard InChI is InChI=1S/C32H43N3O4/c1-24-14-16-28-21-27(24)22-33-32(38)29(17-15-25-9-4-2-5-10-25)34-30(36)12-6-3-7-13-31(37)35-19-8-11-26(23-35)18-20-39-28/h2,4-5,9-10,14,16,21,26,29H,3,6-8,11-13,15,17-20,22-23H2,1H3,(H,33,38)(H,34,36)/t26?,29-/m0/s1. The van der Waals surface area contributed by atoms with Gasteiger partial charge in [-0.15, -0.1) is 0 Å². The Labute approximate surface area is 232 Å². The Hall–Kier alpha value is -3.35. The quantitative estimate of drug-likeness (QED) is 0.599. The second kappa shape index (κ2) is 14.7. The molecule has 39 heavy (non-hydrogen) atoms. The van der Waals surface area contributed by atoms with Gasteiger partial charge in [0.1, 0.15) is 11.8 Å². The summed E-state index contributed by atoms with van der Waals surface area (Å²) in [5.41, 5.74) is 3.20. The Bertz CT molecular complexity index is 1100. The van der Waals surface area contributed by atoms with Crippen LogP contribution in [0, 0.1) is 12.8 Å². The van der Waals surface area contributed by atoms with Gasteiger partial charge in [0.2, 0.25) is 17.7 Å². The largest absolute Gasteiger partial charge is 0.494 e. The molecule has 2 aliphatic rings. The van der Waals surface area contributed by atoms with Gasteiger partial charge in [0, 0.05) is 32.5 Å². The first kappa shape index (κ1) is 28.7. The zero-order chi connectivity index (χ0) is 27.5. The van der Waals surface area contributed by atoms with Crippen LogP contribution in [0.3, 0.4) is 0 Å². The fourth-order valence-electron chi connectivity index (χ4n) is 5.49. The van der Waals surface area contributed by atoms with Gasteiger partial charge in [0.15, 0.2) is 0 Å². The van der Waals surface area contributed by atoms with Crippen molar-refractivity contribution in [1.82, 2.24) is 15.5 Å². The second-order valence-electron chi connectivity index (χ2n) is 11.0. The van der Waals surface area contributed by atoms with E-state index < -0.39 is 6.04 Å². The number of nitrogens with one attached hydrogen (secondary N) is 2. The molecule has 210 valence electrons. The SMILES string of the molecule is Cc1ccc2cc1CNC(=O)[C@H](CCc1ccccc1)NC(=O)CCCCCC(=O)N1CCCC(CCO2)C1. The average Bonchev–Trinajstić information content (AvgIpc) is 2.95. The van der Waals surface area contributed by atoms with E-state index in [1.165, 1.54) is 0 Å². The molecule has 0 spiro atoms. The molecular formula is C32H43N3O4. The number of hydrogen-bond acceptors (Lipinski definition) is 4. The minimum absolute atomic E-state index is 0.120. The van der Waals surface area contributed by atoms with Gasteiger partial charge in [-0.1, -0.05) is 42.8 Å². The number of rotatable bonds is 3. The number of amides is 3. The number of nitrogens with zero attached hydrogens (tertiary/aromatic N) is 1. The molecule has 1 saturated heterocycles. The number of hydrogen-bond donors (Lipinski definition) is 2. The monoisotopic (exact) mass is 533 g/mol. The Kier molecular flexibility index (Phi) is 10.8. The number of benzene rings is 2. The summed E-state index contributed by atoms with van der Waals surface area (Å²) in [4.78, 5) is 40.8. The van der Waals surface area contributed by atoms with Gasteiger partial charge in [0.25, 0.3) is 0 Å². The van der Waals surface area contributed by atoms with E-state index in [1.807, 2.05) is 60.4 Å². The van der Waals surface area contributed by atoms with Gasteiger partial charge < -0.3 is 20.3 Å². The van der Waals surface area contributed by atoms with E-state index in [0.717, 1.165) is 67.6 Å². The van der Waals surface area contributed by atoms with Crippen LogP contribution in [-0.4, -0.2) is 48.4 Å². The molecule has 7 nitrogen and oxygen atoms in total. The summed E-state index contributed by atoms with van der Waals surface area (Å²) in [6.07, 6.45) is 7.49. The number of aryl methyl sites for hydroxylation is 2. The van der Waals surface area contributed by atoms with Crippen LogP contribution in [0.1, 0.15) is 74.5 Å². The Morgan fingerprint density at radius 1 is 0.949 bits per heavy atom. The highest BCUT2D eigenvalue weighted by atomic mass is 16.5. The van der Waals surface area contributed by atoms with Crippen LogP contribution in [-0.2, 0) is 27.3 Å². The first-order valence-electron chi connectivity index (χ1n) is 14.6. The zero-order valence-corrected chi connectivity index (χ0v) is 23.3. The third-order valence-electron chi connectivity index (χ3n) is 7.95. The van der Waals surface area contributed by atoms with Crippen molar-refractivity contribution in [3.05, 3.63) is 65.2 Å². The highest BCUT2D eigenvalue weighted by Gasteiger charge is 2.24. The molecule has 2 aromatic rings. The van der Waals surface area contributed by atoms with Gasteiger partial charge >= 0.3 is 0 Å². The minimum Gasteiger partial charge on any atom is -0.494 e. The Morgan fingerprint density at radius 3 is 2.62 bits per heavy atom. The third kappa shape index (κ3) is 9.12. The molecule has 4 bridgehead atoms. The van der Waals surface area contributed by atoms with Crippen molar-refractivity contribution in [1.29, 1.82) is 0 Å². The molecule has 3 amide bonds. The van der Waals surface area contributed by atoms with Crippen LogP contribution in [0.5, 0.6) is 5.75 Å². The molecule has 2 heterocycles. The first-order chi connectivity index (χ1) is 19.0. The van der Waals surface area contributed by atoms with Crippen molar-refractivity contribution in [3.63, 3.8) is 0 Å². The van der Waals surface area contributed by atoms with Crippen molar-refractivity contribution >= 4 is 17.7 Å². The van der Waals surface area contributed by atoms with E-state index in [0.29, 0.717) is 51.2 Å². The first-order valence-corrected chi connectivity index (χ1v) is 14.6. The third-order valence-corrected chi connectivity index (χ3v) is 7.95. The van der Waals surface area contributed by atoms with Gasteiger partial charge in [-0.05, 0) is 86.6 Å². The maximum Gasteiger partial charge on any atom is 0.242 e. The lowest BCUT2D eigenvalue weighted by Crippen LogP contribution is -2.46. The summed E-state index contributed by atoms with van der Waals surface area (Å²) in [7, 11) is 0. The summed E-state index contributed by atoms with van der Waals surface area (Å²) in [6, 6.07) is 15.4. The molecular weight excluding hydrogens is 490 g/mol. The summed E-state index contributed by atoms with van der Waals surface area (Å²) >= 11 is 0. The summed E-state index contributed by atoms with van der Waals surface area (Å²) in [5.74, 6) is 1.16. The number of ether oxygens (including phenoxy) is 1. The van der Waals surface area contributed by atoms with Crippen molar-refractivity contribution in [2.45, 2.75) is 83.7 Å². The minimum atomic E-state index is -0.611. The molecule has 0 saturated carbocycles. The van der Waals surface area contributed by atoms with Gasteiger partial charge in [0.05, 0.1) is 6.61 Å².